The molecule has 22 heavy (non-hydrogen) atoms. The maximum Gasteiger partial charge on any atom is 0.252 e. The number of halogens is 2. The first-order chi connectivity index (χ1) is 10.5. The number of benzene rings is 1. The van der Waals surface area contributed by atoms with Crippen LogP contribution in [0, 0.1) is 29.0 Å². The van der Waals surface area contributed by atoms with Gasteiger partial charge in [-0.25, -0.2) is 4.39 Å². The number of hydrogen-bond donors (Lipinski definition) is 1. The minimum Gasteiger partial charge on any atom is -0.351 e. The highest BCUT2D eigenvalue weighted by atomic mass is 35.5. The molecule has 4 saturated carbocycles. The summed E-state index contributed by atoms with van der Waals surface area (Å²) in [6, 6.07) is 3.94. The van der Waals surface area contributed by atoms with Crippen LogP contribution in [0.25, 0.3) is 0 Å². The number of carbonyl (C=O) groups is 1. The van der Waals surface area contributed by atoms with Crippen LogP contribution in [0.2, 0.25) is 5.02 Å². The van der Waals surface area contributed by atoms with Gasteiger partial charge in [0.1, 0.15) is 5.82 Å². The Balaban J connectivity index is 1.45. The van der Waals surface area contributed by atoms with Crippen molar-refractivity contribution in [3.8, 4) is 0 Å². The van der Waals surface area contributed by atoms with Gasteiger partial charge in [-0.3, -0.25) is 4.79 Å². The van der Waals surface area contributed by atoms with Crippen molar-refractivity contribution >= 4 is 17.5 Å². The second-order valence-corrected chi connectivity index (χ2v) is 8.13. The van der Waals surface area contributed by atoms with Gasteiger partial charge in [-0.15, -0.1) is 0 Å². The molecule has 0 aromatic heterocycles. The van der Waals surface area contributed by atoms with Gasteiger partial charge in [0.25, 0.3) is 5.91 Å². The quantitative estimate of drug-likeness (QED) is 0.877. The Morgan fingerprint density at radius 1 is 1.18 bits per heavy atom. The monoisotopic (exact) mass is 321 g/mol. The lowest BCUT2D eigenvalue weighted by atomic mass is 9.49. The van der Waals surface area contributed by atoms with E-state index in [4.69, 9.17) is 11.6 Å². The molecule has 5 rings (SSSR count). The molecule has 0 aliphatic heterocycles. The Kier molecular flexibility index (Phi) is 3.44. The summed E-state index contributed by atoms with van der Waals surface area (Å²) in [5.74, 6) is 2.02. The molecular formula is C18H21ClFNO. The van der Waals surface area contributed by atoms with Crippen molar-refractivity contribution < 1.29 is 9.18 Å². The predicted octanol–water partition coefficient (Wildman–Crippen LogP) is 4.43. The maximum atomic E-state index is 13.1. The van der Waals surface area contributed by atoms with Gasteiger partial charge < -0.3 is 5.32 Å². The summed E-state index contributed by atoms with van der Waals surface area (Å²) >= 11 is 5.98. The van der Waals surface area contributed by atoms with Crippen molar-refractivity contribution in [2.75, 3.05) is 6.54 Å². The highest BCUT2D eigenvalue weighted by Crippen LogP contribution is 2.59. The zero-order valence-electron chi connectivity index (χ0n) is 12.6. The van der Waals surface area contributed by atoms with Gasteiger partial charge >= 0.3 is 0 Å². The molecule has 0 radical (unpaired) electrons. The first-order valence-electron chi connectivity index (χ1n) is 8.26. The van der Waals surface area contributed by atoms with Gasteiger partial charge in [-0.2, -0.15) is 0 Å². The zero-order chi connectivity index (χ0) is 15.3. The van der Waals surface area contributed by atoms with E-state index in [9.17, 15) is 9.18 Å². The molecule has 4 aliphatic carbocycles. The average Bonchev–Trinajstić information content (AvgIpc) is 2.43. The maximum absolute atomic E-state index is 13.1. The first-order valence-corrected chi connectivity index (χ1v) is 8.64. The van der Waals surface area contributed by atoms with Crippen LogP contribution < -0.4 is 5.32 Å². The fraction of sp³-hybridized carbons (Fsp3) is 0.611. The van der Waals surface area contributed by atoms with Crippen LogP contribution >= 0.6 is 11.6 Å². The third-order valence-corrected chi connectivity index (χ3v) is 6.28. The highest BCUT2D eigenvalue weighted by molar-refractivity contribution is 6.33. The second kappa shape index (κ2) is 5.23. The third kappa shape index (κ3) is 2.54. The van der Waals surface area contributed by atoms with Crippen molar-refractivity contribution in [3.05, 3.63) is 34.6 Å². The van der Waals surface area contributed by atoms with Crippen molar-refractivity contribution in [1.82, 2.24) is 5.32 Å². The summed E-state index contributed by atoms with van der Waals surface area (Å²) in [7, 11) is 0. The van der Waals surface area contributed by atoms with Crippen LogP contribution in [0.15, 0.2) is 18.2 Å². The molecule has 2 nitrogen and oxygen atoms in total. The highest BCUT2D eigenvalue weighted by Gasteiger charge is 2.50. The lowest BCUT2D eigenvalue weighted by molar-refractivity contribution is -0.0503. The minimum absolute atomic E-state index is 0.180. The molecule has 4 fully saturated rings. The van der Waals surface area contributed by atoms with E-state index in [0.29, 0.717) is 11.0 Å². The van der Waals surface area contributed by atoms with E-state index in [-0.39, 0.29) is 10.9 Å². The number of amides is 1. The van der Waals surface area contributed by atoms with Crippen molar-refractivity contribution in [3.63, 3.8) is 0 Å². The molecule has 0 spiro atoms. The third-order valence-electron chi connectivity index (χ3n) is 5.96. The van der Waals surface area contributed by atoms with E-state index in [1.807, 2.05) is 0 Å². The Morgan fingerprint density at radius 3 is 2.32 bits per heavy atom. The molecule has 4 heteroatoms. The molecule has 4 bridgehead atoms. The van der Waals surface area contributed by atoms with Crippen molar-refractivity contribution in [1.29, 1.82) is 0 Å². The smallest absolute Gasteiger partial charge is 0.252 e. The van der Waals surface area contributed by atoms with E-state index in [2.05, 4.69) is 5.32 Å². The van der Waals surface area contributed by atoms with Gasteiger partial charge in [-0.1, -0.05) is 11.6 Å². The fourth-order valence-electron chi connectivity index (χ4n) is 5.54. The summed E-state index contributed by atoms with van der Waals surface area (Å²) in [6.45, 7) is 0.739. The van der Waals surface area contributed by atoms with Crippen LogP contribution in [-0.4, -0.2) is 12.5 Å². The summed E-state index contributed by atoms with van der Waals surface area (Å²) in [4.78, 5) is 12.4. The molecule has 1 aromatic rings. The van der Waals surface area contributed by atoms with Gasteiger partial charge in [0.05, 0.1) is 10.6 Å². The molecule has 4 aliphatic rings. The lowest BCUT2D eigenvalue weighted by Gasteiger charge is -2.56. The molecule has 1 aromatic carbocycles. The number of nitrogens with one attached hydrogen (secondary N) is 1. The van der Waals surface area contributed by atoms with Crippen LogP contribution in [0.5, 0.6) is 0 Å². The van der Waals surface area contributed by atoms with Crippen LogP contribution in [0.4, 0.5) is 4.39 Å². The Bertz CT molecular complexity index is 580. The largest absolute Gasteiger partial charge is 0.351 e. The van der Waals surface area contributed by atoms with E-state index in [1.165, 1.54) is 56.7 Å². The summed E-state index contributed by atoms with van der Waals surface area (Å²) in [6.07, 6.45) is 7.98. The second-order valence-electron chi connectivity index (χ2n) is 7.72. The fourth-order valence-corrected chi connectivity index (χ4v) is 5.80. The normalized spacial score (nSPS) is 35.6. The first kappa shape index (κ1) is 14.5. The van der Waals surface area contributed by atoms with Crippen LogP contribution in [-0.2, 0) is 0 Å². The SMILES string of the molecule is O=C(NCC12CC3CC(CC(C3)C1)C2)c1ccc(F)cc1Cl. The summed E-state index contributed by atoms with van der Waals surface area (Å²) < 4.78 is 13.1. The van der Waals surface area contributed by atoms with Crippen molar-refractivity contribution in [2.24, 2.45) is 23.2 Å². The minimum atomic E-state index is -0.414. The number of hydrogen-bond acceptors (Lipinski definition) is 1. The molecule has 0 atom stereocenters. The molecular weight excluding hydrogens is 301 g/mol. The molecule has 0 saturated heterocycles. The lowest BCUT2D eigenvalue weighted by Crippen LogP contribution is -2.51. The number of carbonyl (C=O) groups excluding carboxylic acids is 1. The molecule has 1 amide bonds. The molecule has 1 N–H and O–H groups in total. The Labute approximate surface area is 135 Å². The van der Waals surface area contributed by atoms with E-state index in [1.54, 1.807) is 0 Å². The Morgan fingerprint density at radius 2 is 1.77 bits per heavy atom. The van der Waals surface area contributed by atoms with Gasteiger partial charge in [0, 0.05) is 6.54 Å². The van der Waals surface area contributed by atoms with Crippen molar-refractivity contribution in [2.45, 2.75) is 38.5 Å². The Hall–Kier alpha value is -1.09. The van der Waals surface area contributed by atoms with E-state index < -0.39 is 5.82 Å². The van der Waals surface area contributed by atoms with E-state index >= 15 is 0 Å². The van der Waals surface area contributed by atoms with Gasteiger partial charge in [0.2, 0.25) is 0 Å². The average molecular weight is 322 g/mol. The van der Waals surface area contributed by atoms with Crippen LogP contribution in [0.1, 0.15) is 48.9 Å². The molecule has 0 unspecified atom stereocenters. The van der Waals surface area contributed by atoms with Gasteiger partial charge in [-0.05, 0) is 79.9 Å². The van der Waals surface area contributed by atoms with E-state index in [0.717, 1.165) is 24.3 Å². The predicted molar refractivity (Wildman–Crippen MR) is 84.3 cm³/mol. The van der Waals surface area contributed by atoms with Gasteiger partial charge in [0.15, 0.2) is 0 Å². The molecule has 118 valence electrons. The zero-order valence-corrected chi connectivity index (χ0v) is 13.3. The number of rotatable bonds is 3. The van der Waals surface area contributed by atoms with Crippen LogP contribution in [0.3, 0.4) is 0 Å². The summed E-state index contributed by atoms with van der Waals surface area (Å²) in [5.41, 5.74) is 0.671. The molecule has 0 heterocycles. The topological polar surface area (TPSA) is 29.1 Å². The standard InChI is InChI=1S/C18H21ClFNO/c19-16-6-14(20)1-2-15(16)17(22)21-10-18-7-11-3-12(8-18)5-13(4-11)9-18/h1-2,6,11-13H,3-5,7-10H2,(H,21,22). The summed E-state index contributed by atoms with van der Waals surface area (Å²) in [5, 5.41) is 3.25.